The maximum absolute atomic E-state index is 6.85. The minimum absolute atomic E-state index is 0.877. The Morgan fingerprint density at radius 1 is 0.316 bits per heavy atom. The Labute approximate surface area is 328 Å². The highest BCUT2D eigenvalue weighted by atomic mass is 16.3. The van der Waals surface area contributed by atoms with Crippen molar-refractivity contribution < 1.29 is 4.42 Å². The molecule has 0 atom stereocenters. The van der Waals surface area contributed by atoms with Crippen LogP contribution < -0.4 is 0 Å². The van der Waals surface area contributed by atoms with Gasteiger partial charge in [0.2, 0.25) is 0 Å². The van der Waals surface area contributed by atoms with E-state index in [1.165, 1.54) is 76.5 Å². The van der Waals surface area contributed by atoms with Gasteiger partial charge in [0.15, 0.2) is 0 Å². The summed E-state index contributed by atoms with van der Waals surface area (Å²) in [7, 11) is 0. The van der Waals surface area contributed by atoms with E-state index in [9.17, 15) is 0 Å². The van der Waals surface area contributed by atoms with Gasteiger partial charge in [-0.15, -0.1) is 0 Å². The Hall–Kier alpha value is -7.55. The fourth-order valence-corrected chi connectivity index (χ4v) is 9.57. The van der Waals surface area contributed by atoms with E-state index in [-0.39, 0.29) is 0 Å². The number of hydrogen-bond donors (Lipinski definition) is 0. The lowest BCUT2D eigenvalue weighted by Gasteiger charge is -2.19. The van der Waals surface area contributed by atoms with Crippen LogP contribution in [0.3, 0.4) is 0 Å². The maximum Gasteiger partial charge on any atom is 0.136 e. The highest BCUT2D eigenvalue weighted by molar-refractivity contribution is 6.30. The van der Waals surface area contributed by atoms with Gasteiger partial charge in [-0.2, -0.15) is 0 Å². The van der Waals surface area contributed by atoms with Gasteiger partial charge in [0, 0.05) is 22.4 Å². The first-order chi connectivity index (χ1) is 28.3. The second-order valence-electron chi connectivity index (χ2n) is 14.9. The number of furan rings is 1. The quantitative estimate of drug-likeness (QED) is 0.169. The average molecular weight is 724 g/mol. The third-order valence-electron chi connectivity index (χ3n) is 11.9. The molecular formula is C55H33NO. The molecule has 0 saturated carbocycles. The molecule has 12 rings (SSSR count). The van der Waals surface area contributed by atoms with Crippen LogP contribution in [0.2, 0.25) is 0 Å². The first-order valence-electron chi connectivity index (χ1n) is 19.5. The molecule has 0 amide bonds. The van der Waals surface area contributed by atoms with E-state index < -0.39 is 0 Å². The third kappa shape index (κ3) is 4.74. The van der Waals surface area contributed by atoms with Crippen molar-refractivity contribution in [2.45, 2.75) is 0 Å². The van der Waals surface area contributed by atoms with Crippen LogP contribution in [-0.2, 0) is 0 Å². The zero-order valence-electron chi connectivity index (χ0n) is 30.9. The number of nitrogens with zero attached hydrogens (tertiary/aromatic N) is 1. The molecular weight excluding hydrogens is 691 g/mol. The van der Waals surface area contributed by atoms with Crippen LogP contribution in [-0.4, -0.2) is 4.98 Å². The van der Waals surface area contributed by atoms with Crippen LogP contribution in [0.4, 0.5) is 0 Å². The van der Waals surface area contributed by atoms with E-state index in [2.05, 4.69) is 188 Å². The van der Waals surface area contributed by atoms with Crippen LogP contribution in [0.15, 0.2) is 205 Å². The van der Waals surface area contributed by atoms with Crippen molar-refractivity contribution in [1.82, 2.24) is 4.98 Å². The summed E-state index contributed by atoms with van der Waals surface area (Å²) in [5.74, 6) is 0. The SMILES string of the molecule is c1ccc(-c2c3ccccc3c(-c3cccc4oc5cccc(-c6c7ccccc7c(-c7ccc8cccnc8c7)c7ccccc67)c5c34)c3ccccc23)cc1. The van der Waals surface area contributed by atoms with Crippen LogP contribution in [0.5, 0.6) is 0 Å². The monoisotopic (exact) mass is 723 g/mol. The highest BCUT2D eigenvalue weighted by Gasteiger charge is 2.24. The van der Waals surface area contributed by atoms with Gasteiger partial charge in [-0.3, -0.25) is 4.98 Å². The van der Waals surface area contributed by atoms with Crippen molar-refractivity contribution in [3.63, 3.8) is 0 Å². The van der Waals surface area contributed by atoms with Gasteiger partial charge >= 0.3 is 0 Å². The smallest absolute Gasteiger partial charge is 0.136 e. The largest absolute Gasteiger partial charge is 0.456 e. The summed E-state index contributed by atoms with van der Waals surface area (Å²) in [5.41, 5.74) is 12.4. The first-order valence-corrected chi connectivity index (χ1v) is 19.5. The Kier molecular flexibility index (Phi) is 6.96. The summed E-state index contributed by atoms with van der Waals surface area (Å²) in [6.45, 7) is 0. The van der Waals surface area contributed by atoms with Gasteiger partial charge in [0.05, 0.1) is 5.52 Å². The summed E-state index contributed by atoms with van der Waals surface area (Å²) in [6, 6.07) is 70.2. The zero-order valence-corrected chi connectivity index (χ0v) is 30.9. The molecule has 0 spiro atoms. The molecule has 0 aliphatic carbocycles. The van der Waals surface area contributed by atoms with Crippen LogP contribution in [0, 0.1) is 0 Å². The second kappa shape index (κ2) is 12.5. The molecule has 0 aliphatic rings. The fraction of sp³-hybridized carbons (Fsp3) is 0. The molecule has 2 heterocycles. The maximum atomic E-state index is 6.85. The van der Waals surface area contributed by atoms with E-state index in [0.717, 1.165) is 44.0 Å². The molecule has 264 valence electrons. The average Bonchev–Trinajstić information content (AvgIpc) is 3.67. The molecule has 0 unspecified atom stereocenters. The van der Waals surface area contributed by atoms with E-state index in [0.29, 0.717) is 0 Å². The molecule has 2 heteroatoms. The standard InChI is InChI=1S/C55H33NO/c1-2-15-35(16-3-1)50-37-18-4-8-22-41(37)52(42-23-9-5-19-38(42)50)45-26-12-28-48-54(45)55-46(27-13-29-49(55)57-48)53-43-24-10-6-20-39(43)51(40-21-7-11-25-44(40)53)36-31-30-34-17-14-32-56-47(34)33-36/h1-33H. The van der Waals surface area contributed by atoms with Gasteiger partial charge < -0.3 is 4.42 Å². The van der Waals surface area contributed by atoms with Crippen molar-refractivity contribution in [3.05, 3.63) is 200 Å². The Morgan fingerprint density at radius 3 is 1.25 bits per heavy atom. The first kappa shape index (κ1) is 31.8. The van der Waals surface area contributed by atoms with Crippen molar-refractivity contribution in [2.75, 3.05) is 0 Å². The lowest BCUT2D eigenvalue weighted by atomic mass is 9.83. The van der Waals surface area contributed by atoms with Gasteiger partial charge in [-0.05, 0) is 112 Å². The highest BCUT2D eigenvalue weighted by Crippen LogP contribution is 2.51. The van der Waals surface area contributed by atoms with Crippen molar-refractivity contribution in [1.29, 1.82) is 0 Å². The van der Waals surface area contributed by atoms with Gasteiger partial charge in [-0.1, -0.05) is 170 Å². The number of benzene rings is 10. The van der Waals surface area contributed by atoms with Crippen LogP contribution in [0.1, 0.15) is 0 Å². The van der Waals surface area contributed by atoms with Crippen molar-refractivity contribution >= 4 is 75.9 Å². The molecule has 2 nitrogen and oxygen atoms in total. The summed E-state index contributed by atoms with van der Waals surface area (Å²) >= 11 is 0. The van der Waals surface area contributed by atoms with Gasteiger partial charge in [0.25, 0.3) is 0 Å². The lowest BCUT2D eigenvalue weighted by molar-refractivity contribution is 0.669. The summed E-state index contributed by atoms with van der Waals surface area (Å²) in [4.78, 5) is 4.73. The predicted octanol–water partition coefficient (Wildman–Crippen LogP) is 15.4. The van der Waals surface area contributed by atoms with Gasteiger partial charge in [-0.25, -0.2) is 0 Å². The minimum atomic E-state index is 0.877. The van der Waals surface area contributed by atoms with Crippen molar-refractivity contribution in [3.8, 4) is 44.5 Å². The Balaban J connectivity index is 1.20. The molecule has 0 radical (unpaired) electrons. The molecule has 0 aliphatic heterocycles. The zero-order chi connectivity index (χ0) is 37.5. The lowest BCUT2D eigenvalue weighted by Crippen LogP contribution is -1.92. The molecule has 0 N–H and O–H groups in total. The Morgan fingerprint density at radius 2 is 0.754 bits per heavy atom. The summed E-state index contributed by atoms with van der Waals surface area (Å²) in [6.07, 6.45) is 1.87. The minimum Gasteiger partial charge on any atom is -0.456 e. The second-order valence-corrected chi connectivity index (χ2v) is 14.9. The van der Waals surface area contributed by atoms with E-state index in [1.54, 1.807) is 0 Å². The normalized spacial score (nSPS) is 11.9. The predicted molar refractivity (Wildman–Crippen MR) is 241 cm³/mol. The molecule has 10 aromatic carbocycles. The number of hydrogen-bond acceptors (Lipinski definition) is 2. The van der Waals surface area contributed by atoms with E-state index in [1.807, 2.05) is 12.3 Å². The molecule has 57 heavy (non-hydrogen) atoms. The molecule has 2 aromatic heterocycles. The summed E-state index contributed by atoms with van der Waals surface area (Å²) in [5, 5.41) is 13.1. The third-order valence-corrected chi connectivity index (χ3v) is 11.9. The van der Waals surface area contributed by atoms with E-state index >= 15 is 0 Å². The molecule has 0 saturated heterocycles. The number of rotatable bonds is 4. The van der Waals surface area contributed by atoms with E-state index in [4.69, 9.17) is 9.40 Å². The van der Waals surface area contributed by atoms with Crippen LogP contribution in [0.25, 0.3) is 120 Å². The molecule has 0 bridgehead atoms. The topological polar surface area (TPSA) is 26.0 Å². The molecule has 0 fully saturated rings. The number of fused-ring (bicyclic) bond motifs is 8. The van der Waals surface area contributed by atoms with Gasteiger partial charge in [0.1, 0.15) is 11.2 Å². The number of pyridine rings is 1. The molecule has 12 aromatic rings. The van der Waals surface area contributed by atoms with Crippen LogP contribution >= 0.6 is 0 Å². The Bertz CT molecular complexity index is 3460. The summed E-state index contributed by atoms with van der Waals surface area (Å²) < 4.78 is 6.85. The fourth-order valence-electron chi connectivity index (χ4n) is 9.57. The van der Waals surface area contributed by atoms with Crippen molar-refractivity contribution in [2.24, 2.45) is 0 Å². The number of aromatic nitrogens is 1.